The lowest BCUT2D eigenvalue weighted by Crippen LogP contribution is -2.51. The lowest BCUT2D eigenvalue weighted by atomic mass is 9.86. The van der Waals surface area contributed by atoms with E-state index in [-0.39, 0.29) is 31.3 Å². The minimum absolute atomic E-state index is 0.0514. The number of furan rings is 1. The number of carbonyl (C=O) groups excluding carboxylic acids is 3. The van der Waals surface area contributed by atoms with E-state index in [1.54, 1.807) is 19.9 Å². The van der Waals surface area contributed by atoms with Gasteiger partial charge in [-0.2, -0.15) is 0 Å². The van der Waals surface area contributed by atoms with E-state index in [4.69, 9.17) is 19.0 Å². The molecule has 224 valence electrons. The Morgan fingerprint density at radius 3 is 2.45 bits per heavy atom. The van der Waals surface area contributed by atoms with E-state index in [0.29, 0.717) is 25.2 Å². The number of ketones is 1. The second-order valence-electron chi connectivity index (χ2n) is 11.7. The molecular weight excluding hydrogens is 534 g/mol. The third-order valence-electron chi connectivity index (χ3n) is 7.61. The molecule has 0 radical (unpaired) electrons. The number of aryl methyl sites for hydroxylation is 2. The molecule has 42 heavy (non-hydrogen) atoms. The molecule has 2 aromatic carbocycles. The topological polar surface area (TPSA) is 106 Å². The number of rotatable bonds is 13. The minimum Gasteiger partial charge on any atom is -0.457 e. The standard InChI is InChI=1S/C34H41NO7/c1-22(2)31-34(4,5)42-33(39)35(31)32(38)27(20-24-12-7-6-8-13-24)30(37)29-21-26(25-14-9-11-23(3)19-25)28(41-29)15-10-17-40-18-16-36/h6-9,11-14,19,21-22,27,31,36H,10,15-18,20H2,1-5H3/t27-,31-/m1/s1. The molecule has 8 heteroatoms. The van der Waals surface area contributed by atoms with Crippen molar-refractivity contribution < 1.29 is 33.4 Å². The van der Waals surface area contributed by atoms with Crippen molar-refractivity contribution in [3.63, 3.8) is 0 Å². The van der Waals surface area contributed by atoms with Crippen molar-refractivity contribution in [2.24, 2.45) is 11.8 Å². The predicted molar refractivity (Wildman–Crippen MR) is 159 cm³/mol. The Kier molecular flexibility index (Phi) is 10.0. The monoisotopic (exact) mass is 575 g/mol. The first-order valence-corrected chi connectivity index (χ1v) is 14.6. The summed E-state index contributed by atoms with van der Waals surface area (Å²) in [5, 5.41) is 9.00. The van der Waals surface area contributed by atoms with Gasteiger partial charge in [0.1, 0.15) is 17.3 Å². The van der Waals surface area contributed by atoms with Gasteiger partial charge in [0.15, 0.2) is 5.76 Å². The zero-order valence-electron chi connectivity index (χ0n) is 25.1. The van der Waals surface area contributed by atoms with Gasteiger partial charge in [0.25, 0.3) is 0 Å². The van der Waals surface area contributed by atoms with Crippen LogP contribution in [0.4, 0.5) is 4.79 Å². The third-order valence-corrected chi connectivity index (χ3v) is 7.61. The Bertz CT molecular complexity index is 1390. The first kappa shape index (κ1) is 31.2. The summed E-state index contributed by atoms with van der Waals surface area (Å²) in [4.78, 5) is 42.6. The van der Waals surface area contributed by atoms with E-state index in [9.17, 15) is 14.4 Å². The van der Waals surface area contributed by atoms with Crippen molar-refractivity contribution in [3.05, 3.63) is 83.3 Å². The second kappa shape index (κ2) is 13.5. The van der Waals surface area contributed by atoms with Gasteiger partial charge >= 0.3 is 6.09 Å². The van der Waals surface area contributed by atoms with Crippen LogP contribution in [0.25, 0.3) is 11.1 Å². The number of aliphatic hydroxyl groups is 1. The Labute approximate surface area is 247 Å². The number of imide groups is 1. The summed E-state index contributed by atoms with van der Waals surface area (Å²) >= 11 is 0. The Hall–Kier alpha value is -3.75. The van der Waals surface area contributed by atoms with Crippen LogP contribution in [0.3, 0.4) is 0 Å². The first-order valence-electron chi connectivity index (χ1n) is 14.6. The highest BCUT2D eigenvalue weighted by molar-refractivity contribution is 6.12. The van der Waals surface area contributed by atoms with Crippen molar-refractivity contribution in [2.75, 3.05) is 19.8 Å². The van der Waals surface area contributed by atoms with Gasteiger partial charge in [-0.25, -0.2) is 9.69 Å². The normalized spacial score (nSPS) is 17.0. The molecule has 1 aliphatic rings. The van der Waals surface area contributed by atoms with Crippen LogP contribution in [-0.2, 0) is 27.1 Å². The van der Waals surface area contributed by atoms with E-state index < -0.39 is 35.3 Å². The molecule has 0 unspecified atom stereocenters. The Balaban J connectivity index is 1.72. The fraction of sp³-hybridized carbons (Fsp3) is 0.441. The summed E-state index contributed by atoms with van der Waals surface area (Å²) in [5.74, 6) is -1.67. The van der Waals surface area contributed by atoms with Crippen LogP contribution in [0.15, 0.2) is 65.1 Å². The number of hydrogen-bond donors (Lipinski definition) is 1. The molecule has 2 heterocycles. The van der Waals surface area contributed by atoms with E-state index in [2.05, 4.69) is 0 Å². The summed E-state index contributed by atoms with van der Waals surface area (Å²) in [5.41, 5.74) is 2.64. The van der Waals surface area contributed by atoms with E-state index >= 15 is 0 Å². The zero-order valence-corrected chi connectivity index (χ0v) is 25.1. The van der Waals surface area contributed by atoms with Crippen LogP contribution in [0.5, 0.6) is 0 Å². The first-order chi connectivity index (χ1) is 20.0. The minimum atomic E-state index is -1.19. The molecule has 0 aliphatic carbocycles. The zero-order chi connectivity index (χ0) is 30.4. The number of Topliss-reactive ketones (excluding diaryl/α,β-unsaturated/α-hetero) is 1. The van der Waals surface area contributed by atoms with Crippen molar-refractivity contribution >= 4 is 17.8 Å². The average molecular weight is 576 g/mol. The van der Waals surface area contributed by atoms with Gasteiger partial charge in [0, 0.05) is 18.6 Å². The van der Waals surface area contributed by atoms with E-state index in [0.717, 1.165) is 27.2 Å². The molecule has 0 saturated carbocycles. The summed E-state index contributed by atoms with van der Waals surface area (Å²) in [6, 6.07) is 18.4. The molecule has 2 amide bonds. The number of hydrogen-bond acceptors (Lipinski definition) is 7. The predicted octanol–water partition coefficient (Wildman–Crippen LogP) is 6.02. The number of carbonyl (C=O) groups is 3. The quantitative estimate of drug-likeness (QED) is 0.151. The molecule has 1 fully saturated rings. The molecule has 4 rings (SSSR count). The van der Waals surface area contributed by atoms with Crippen molar-refractivity contribution in [1.82, 2.24) is 4.90 Å². The van der Waals surface area contributed by atoms with Gasteiger partial charge in [-0.3, -0.25) is 9.59 Å². The van der Waals surface area contributed by atoms with Gasteiger partial charge in [-0.15, -0.1) is 0 Å². The molecule has 3 aromatic rings. The second-order valence-corrected chi connectivity index (χ2v) is 11.7. The van der Waals surface area contributed by atoms with E-state index in [1.807, 2.05) is 75.4 Å². The maximum atomic E-state index is 14.2. The van der Waals surface area contributed by atoms with Gasteiger partial charge in [0.05, 0.1) is 19.3 Å². The Morgan fingerprint density at radius 1 is 1.05 bits per heavy atom. The highest BCUT2D eigenvalue weighted by Gasteiger charge is 2.54. The van der Waals surface area contributed by atoms with Gasteiger partial charge in [-0.05, 0) is 56.7 Å². The Morgan fingerprint density at radius 2 is 1.79 bits per heavy atom. The van der Waals surface area contributed by atoms with Crippen molar-refractivity contribution in [3.8, 4) is 11.1 Å². The molecule has 1 aliphatic heterocycles. The number of aliphatic hydroxyl groups excluding tert-OH is 1. The fourth-order valence-electron chi connectivity index (χ4n) is 5.86. The number of amides is 2. The smallest absolute Gasteiger partial charge is 0.417 e. The fourth-order valence-corrected chi connectivity index (χ4v) is 5.86. The SMILES string of the molecule is Cc1cccc(-c2cc(C(=O)[C@@H](Cc3ccccc3)C(=O)N3C(=O)OC(C)(C)[C@H]3C(C)C)oc2CCCOCCO)c1. The van der Waals surface area contributed by atoms with Crippen molar-refractivity contribution in [2.45, 2.75) is 65.5 Å². The molecule has 8 nitrogen and oxygen atoms in total. The maximum absolute atomic E-state index is 14.2. The number of benzene rings is 2. The highest BCUT2D eigenvalue weighted by atomic mass is 16.6. The summed E-state index contributed by atoms with van der Waals surface area (Å²) in [6.45, 7) is 10.1. The van der Waals surface area contributed by atoms with Crippen LogP contribution < -0.4 is 0 Å². The van der Waals surface area contributed by atoms with Gasteiger partial charge in [0.2, 0.25) is 11.7 Å². The number of ether oxygens (including phenoxy) is 2. The van der Waals surface area contributed by atoms with Crippen LogP contribution in [-0.4, -0.2) is 59.3 Å². The van der Waals surface area contributed by atoms with Crippen LogP contribution in [0, 0.1) is 18.8 Å². The molecule has 0 spiro atoms. The number of nitrogens with zero attached hydrogens (tertiary/aromatic N) is 1. The molecule has 2 atom stereocenters. The van der Waals surface area contributed by atoms with E-state index in [1.165, 1.54) is 0 Å². The molecule has 0 bridgehead atoms. The van der Waals surface area contributed by atoms with Gasteiger partial charge < -0.3 is 19.0 Å². The molecule has 1 aromatic heterocycles. The maximum Gasteiger partial charge on any atom is 0.417 e. The average Bonchev–Trinajstić information content (AvgIpc) is 3.48. The summed E-state index contributed by atoms with van der Waals surface area (Å²) in [7, 11) is 0. The third kappa shape index (κ3) is 6.99. The lowest BCUT2D eigenvalue weighted by Gasteiger charge is -2.32. The van der Waals surface area contributed by atoms with Crippen LogP contribution in [0.2, 0.25) is 0 Å². The molecule has 1 saturated heterocycles. The van der Waals surface area contributed by atoms with Crippen molar-refractivity contribution in [1.29, 1.82) is 0 Å². The highest BCUT2D eigenvalue weighted by Crippen LogP contribution is 2.37. The van der Waals surface area contributed by atoms with Crippen LogP contribution >= 0.6 is 0 Å². The number of cyclic esters (lactones) is 1. The van der Waals surface area contributed by atoms with Gasteiger partial charge in [-0.1, -0.05) is 74.0 Å². The largest absolute Gasteiger partial charge is 0.457 e. The van der Waals surface area contributed by atoms with Crippen LogP contribution in [0.1, 0.15) is 61.6 Å². The molecule has 1 N–H and O–H groups in total. The summed E-state index contributed by atoms with van der Waals surface area (Å²) < 4.78 is 17.2. The summed E-state index contributed by atoms with van der Waals surface area (Å²) in [6.07, 6.45) is 0.495. The lowest BCUT2D eigenvalue weighted by molar-refractivity contribution is -0.133. The molecular formula is C34H41NO7.